The molecule has 9 heteroatoms. The van der Waals surface area contributed by atoms with Crippen molar-refractivity contribution in [2.45, 2.75) is 66.5 Å². The second-order valence-electron chi connectivity index (χ2n) is 8.04. The summed E-state index contributed by atoms with van der Waals surface area (Å²) in [6.07, 6.45) is 1.44. The van der Waals surface area contributed by atoms with Gasteiger partial charge in [-0.25, -0.2) is 10.2 Å². The fraction of sp³-hybridized carbons (Fsp3) is 0.500. The quantitative estimate of drug-likeness (QED) is 0.351. The summed E-state index contributed by atoms with van der Waals surface area (Å²) in [6.45, 7) is 12.5. The van der Waals surface area contributed by atoms with E-state index in [1.165, 1.54) is 4.88 Å². The van der Waals surface area contributed by atoms with E-state index in [4.69, 9.17) is 26.1 Å². The maximum atomic E-state index is 12.2. The number of carbonyl (C=O) groups excluding carboxylic acids is 1. The largest absolute Gasteiger partial charge is 0.496 e. The summed E-state index contributed by atoms with van der Waals surface area (Å²) < 4.78 is 12.9. The van der Waals surface area contributed by atoms with Gasteiger partial charge in [-0.15, -0.1) is 16.4 Å². The van der Waals surface area contributed by atoms with E-state index in [9.17, 15) is 4.79 Å². The van der Waals surface area contributed by atoms with Crippen LogP contribution in [0.5, 0.6) is 5.75 Å². The molecule has 2 aromatic rings. The average molecular weight is 467 g/mol. The first-order valence-electron chi connectivity index (χ1n) is 10.2. The van der Waals surface area contributed by atoms with Crippen molar-refractivity contribution in [3.8, 4) is 5.75 Å². The van der Waals surface area contributed by atoms with Crippen LogP contribution < -0.4 is 15.0 Å². The van der Waals surface area contributed by atoms with Crippen LogP contribution in [0.15, 0.2) is 28.3 Å². The van der Waals surface area contributed by atoms with Crippen molar-refractivity contribution in [3.05, 3.63) is 44.2 Å². The van der Waals surface area contributed by atoms with Gasteiger partial charge in [-0.2, -0.15) is 4.99 Å². The van der Waals surface area contributed by atoms with Gasteiger partial charge in [-0.05, 0) is 59.2 Å². The van der Waals surface area contributed by atoms with Gasteiger partial charge in [0, 0.05) is 22.1 Å². The highest BCUT2D eigenvalue weighted by atomic mass is 35.5. The molecule has 1 N–H and O–H groups in total. The van der Waals surface area contributed by atoms with Crippen molar-refractivity contribution in [3.63, 3.8) is 0 Å². The lowest BCUT2D eigenvalue weighted by molar-refractivity contribution is 0.0529. The molecule has 0 aliphatic heterocycles. The molecule has 0 bridgehead atoms. The molecule has 0 fully saturated rings. The molecule has 1 heterocycles. The number of aromatic nitrogens is 1. The minimum atomic E-state index is -0.668. The predicted molar refractivity (Wildman–Crippen MR) is 126 cm³/mol. The molecule has 7 nitrogen and oxygen atoms in total. The Labute approximate surface area is 192 Å². The molecule has 0 radical (unpaired) electrons. The van der Waals surface area contributed by atoms with E-state index in [1.54, 1.807) is 57.4 Å². The third kappa shape index (κ3) is 7.11. The summed E-state index contributed by atoms with van der Waals surface area (Å²) in [4.78, 5) is 19.0. The third-order valence-corrected chi connectivity index (χ3v) is 5.71. The molecule has 1 aromatic heterocycles. The zero-order valence-electron chi connectivity index (χ0n) is 19.2. The summed E-state index contributed by atoms with van der Waals surface area (Å²) in [6, 6.07) is 5.18. The molecule has 2 rings (SSSR count). The Balaban J connectivity index is 2.60. The Hall–Kier alpha value is -2.32. The molecule has 0 atom stereocenters. The highest BCUT2D eigenvalue weighted by Crippen LogP contribution is 2.24. The van der Waals surface area contributed by atoms with Crippen molar-refractivity contribution in [2.75, 3.05) is 7.11 Å². The fourth-order valence-corrected chi connectivity index (χ4v) is 3.93. The van der Waals surface area contributed by atoms with Crippen molar-refractivity contribution in [1.29, 1.82) is 0 Å². The van der Waals surface area contributed by atoms with E-state index in [2.05, 4.69) is 35.9 Å². The normalized spacial score (nSPS) is 12.8. The van der Waals surface area contributed by atoms with Crippen LogP contribution in [0.3, 0.4) is 0 Å². The van der Waals surface area contributed by atoms with Crippen LogP contribution >= 0.6 is 22.9 Å². The molecule has 31 heavy (non-hydrogen) atoms. The highest BCUT2D eigenvalue weighted by Gasteiger charge is 2.17. The number of methoxy groups -OCH3 is 1. The SMILES string of the molecule is CCCCn1c(C)c(C)s/c1=N\C(=NNC(=O)OC(C)(C)C)c1cc(Cl)ccc1OC. The van der Waals surface area contributed by atoms with Crippen molar-refractivity contribution >= 4 is 34.9 Å². The van der Waals surface area contributed by atoms with Gasteiger partial charge in [0.25, 0.3) is 0 Å². The maximum absolute atomic E-state index is 12.2. The number of hydrogen-bond donors (Lipinski definition) is 1. The van der Waals surface area contributed by atoms with Gasteiger partial charge >= 0.3 is 6.09 Å². The number of carbonyl (C=O) groups is 1. The summed E-state index contributed by atoms with van der Waals surface area (Å²) in [7, 11) is 1.56. The zero-order chi connectivity index (χ0) is 23.2. The van der Waals surface area contributed by atoms with Crippen LogP contribution in [0.25, 0.3) is 0 Å². The van der Waals surface area contributed by atoms with E-state index < -0.39 is 11.7 Å². The number of hydrogen-bond acceptors (Lipinski definition) is 5. The van der Waals surface area contributed by atoms with Gasteiger partial charge in [0.05, 0.1) is 12.7 Å². The second kappa shape index (κ2) is 10.8. The number of benzene rings is 1. The zero-order valence-corrected chi connectivity index (χ0v) is 20.8. The van der Waals surface area contributed by atoms with Crippen LogP contribution in [-0.4, -0.2) is 29.2 Å². The van der Waals surface area contributed by atoms with Gasteiger partial charge in [0.15, 0.2) is 10.6 Å². The van der Waals surface area contributed by atoms with E-state index in [1.807, 2.05) is 0 Å². The first kappa shape index (κ1) is 24.9. The molecular formula is C22H31ClN4O3S. The summed E-state index contributed by atoms with van der Waals surface area (Å²) in [5.41, 5.74) is 3.53. The molecule has 0 aliphatic carbocycles. The number of unbranched alkanes of at least 4 members (excludes halogenated alkanes) is 1. The van der Waals surface area contributed by atoms with E-state index in [0.29, 0.717) is 16.3 Å². The summed E-state index contributed by atoms with van der Waals surface area (Å²) in [5, 5.41) is 4.77. The number of thiazole rings is 1. The lowest BCUT2D eigenvalue weighted by atomic mass is 10.2. The summed E-state index contributed by atoms with van der Waals surface area (Å²) >= 11 is 7.81. The Kier molecular flexibility index (Phi) is 8.70. The number of hydrazone groups is 1. The average Bonchev–Trinajstić information content (AvgIpc) is 2.95. The third-order valence-electron chi connectivity index (χ3n) is 4.38. The second-order valence-corrected chi connectivity index (χ2v) is 9.66. The Morgan fingerprint density at radius 2 is 2.00 bits per heavy atom. The molecular weight excluding hydrogens is 436 g/mol. The molecule has 0 unspecified atom stereocenters. The van der Waals surface area contributed by atoms with Gasteiger partial charge in [0.1, 0.15) is 11.4 Å². The standard InChI is InChI=1S/C22H31ClN4O3S/c1-8-9-12-27-14(2)15(3)31-20(27)24-19(25-26-21(28)30-22(4,5)6)17-13-16(23)10-11-18(17)29-7/h10-11,13H,8-9,12H2,1-7H3,(H,26,28)/b24-20-,25-19?. The maximum Gasteiger partial charge on any atom is 0.428 e. The number of nitrogens with zero attached hydrogens (tertiary/aromatic N) is 3. The number of aryl methyl sites for hydroxylation is 1. The lowest BCUT2D eigenvalue weighted by Gasteiger charge is -2.18. The molecule has 1 amide bonds. The van der Waals surface area contributed by atoms with Gasteiger partial charge in [0.2, 0.25) is 0 Å². The van der Waals surface area contributed by atoms with E-state index >= 15 is 0 Å². The predicted octanol–water partition coefficient (Wildman–Crippen LogP) is 5.42. The fourth-order valence-electron chi connectivity index (χ4n) is 2.75. The summed E-state index contributed by atoms with van der Waals surface area (Å²) in [5.74, 6) is 0.819. The molecule has 0 aliphatic rings. The van der Waals surface area contributed by atoms with Crippen LogP contribution in [-0.2, 0) is 11.3 Å². The molecule has 0 spiro atoms. The molecule has 0 saturated carbocycles. The number of nitrogens with one attached hydrogen (secondary N) is 1. The number of amidine groups is 1. The number of halogens is 1. The van der Waals surface area contributed by atoms with Crippen molar-refractivity contribution in [2.24, 2.45) is 10.1 Å². The Morgan fingerprint density at radius 1 is 1.29 bits per heavy atom. The smallest absolute Gasteiger partial charge is 0.428 e. The number of amides is 1. The van der Waals surface area contributed by atoms with Gasteiger partial charge in [-0.1, -0.05) is 24.9 Å². The van der Waals surface area contributed by atoms with Gasteiger partial charge < -0.3 is 14.0 Å². The first-order chi connectivity index (χ1) is 14.6. The van der Waals surface area contributed by atoms with Crippen LogP contribution in [0.1, 0.15) is 56.7 Å². The monoisotopic (exact) mass is 466 g/mol. The molecule has 170 valence electrons. The van der Waals surface area contributed by atoms with Gasteiger partial charge in [-0.3, -0.25) is 0 Å². The Bertz CT molecular complexity index is 1020. The molecule has 1 aromatic carbocycles. The van der Waals surface area contributed by atoms with E-state index in [0.717, 1.165) is 29.9 Å². The van der Waals surface area contributed by atoms with Crippen LogP contribution in [0, 0.1) is 13.8 Å². The van der Waals surface area contributed by atoms with Crippen LogP contribution in [0.4, 0.5) is 4.79 Å². The Morgan fingerprint density at radius 3 is 2.61 bits per heavy atom. The number of ether oxygens (including phenoxy) is 2. The highest BCUT2D eigenvalue weighted by molar-refractivity contribution is 7.09. The molecule has 0 saturated heterocycles. The lowest BCUT2D eigenvalue weighted by Crippen LogP contribution is -2.30. The number of rotatable bonds is 6. The van der Waals surface area contributed by atoms with Crippen LogP contribution in [0.2, 0.25) is 5.02 Å². The van der Waals surface area contributed by atoms with E-state index in [-0.39, 0.29) is 5.84 Å². The van der Waals surface area contributed by atoms with Crippen molar-refractivity contribution in [1.82, 2.24) is 9.99 Å². The minimum absolute atomic E-state index is 0.275. The minimum Gasteiger partial charge on any atom is -0.496 e. The first-order valence-corrected chi connectivity index (χ1v) is 11.4. The topological polar surface area (TPSA) is 77.2 Å². The van der Waals surface area contributed by atoms with Crippen molar-refractivity contribution < 1.29 is 14.3 Å².